The minimum Gasteiger partial charge on any atom is -0.489 e. The average molecular weight is 629 g/mol. The first-order chi connectivity index (χ1) is 21.8. The van der Waals surface area contributed by atoms with E-state index in [-0.39, 0.29) is 36.0 Å². The van der Waals surface area contributed by atoms with E-state index in [1.807, 2.05) is 69.1 Å². The topological polar surface area (TPSA) is 84.4 Å². The Kier molecular flexibility index (Phi) is 10.0. The van der Waals surface area contributed by atoms with Crippen LogP contribution in [0.2, 0.25) is 0 Å². The molecule has 46 heavy (non-hydrogen) atoms. The Morgan fingerprint density at radius 2 is 1.72 bits per heavy atom. The zero-order chi connectivity index (χ0) is 33.1. The number of pyridine rings is 1. The average Bonchev–Trinajstić information content (AvgIpc) is 3.27. The molecule has 246 valence electrons. The summed E-state index contributed by atoms with van der Waals surface area (Å²) < 4.78 is 17.2. The minimum atomic E-state index is -0.581. The van der Waals surface area contributed by atoms with E-state index in [0.29, 0.717) is 39.3 Å². The Labute approximate surface area is 273 Å². The standard InChI is InChI=1S/C37H48N4O5/c1-26-20-39(30(24-44-7)21-40(26)35(43)46-36(2,3)4)22-33(42)41-25-37(5,6)34-32(41)18-29(19-38-34)16-28-14-11-15-31(17-28)45-23-27-12-9-8-10-13-27/h8-15,17-19,26,30H,16,20-25H2,1-7H3/t26-,30-/m1/s1. The van der Waals surface area contributed by atoms with Crippen LogP contribution in [-0.4, -0.2) is 84.4 Å². The van der Waals surface area contributed by atoms with E-state index in [0.717, 1.165) is 33.8 Å². The van der Waals surface area contributed by atoms with Gasteiger partial charge in [-0.2, -0.15) is 0 Å². The Morgan fingerprint density at radius 1 is 0.978 bits per heavy atom. The van der Waals surface area contributed by atoms with Crippen LogP contribution in [0.1, 0.15) is 63.9 Å². The number of nitrogens with zero attached hydrogens (tertiary/aromatic N) is 4. The van der Waals surface area contributed by atoms with Gasteiger partial charge in [0.1, 0.15) is 18.0 Å². The minimum absolute atomic E-state index is 0.0149. The number of aromatic nitrogens is 1. The predicted octanol–water partition coefficient (Wildman–Crippen LogP) is 5.83. The molecule has 2 atom stereocenters. The number of rotatable bonds is 9. The van der Waals surface area contributed by atoms with Crippen LogP contribution in [0, 0.1) is 0 Å². The van der Waals surface area contributed by atoms with E-state index in [1.165, 1.54) is 0 Å². The van der Waals surface area contributed by atoms with Gasteiger partial charge in [0.15, 0.2) is 0 Å². The quantitative estimate of drug-likeness (QED) is 0.295. The van der Waals surface area contributed by atoms with Gasteiger partial charge in [-0.05, 0) is 69.0 Å². The van der Waals surface area contributed by atoms with Crippen LogP contribution < -0.4 is 9.64 Å². The number of carbonyl (C=O) groups is 2. The number of ether oxygens (including phenoxy) is 3. The first kappa shape index (κ1) is 33.4. The van der Waals surface area contributed by atoms with Gasteiger partial charge in [0.2, 0.25) is 5.91 Å². The van der Waals surface area contributed by atoms with Crippen LogP contribution in [0.3, 0.4) is 0 Å². The molecule has 0 bridgehead atoms. The molecule has 0 unspecified atom stereocenters. The number of hydrogen-bond acceptors (Lipinski definition) is 7. The van der Waals surface area contributed by atoms with Gasteiger partial charge in [-0.1, -0.05) is 56.3 Å². The van der Waals surface area contributed by atoms with E-state index in [1.54, 1.807) is 12.0 Å². The molecule has 0 radical (unpaired) electrons. The molecule has 3 aromatic rings. The number of amides is 2. The normalized spacial score (nSPS) is 19.5. The van der Waals surface area contributed by atoms with Gasteiger partial charge in [0.05, 0.1) is 30.6 Å². The third-order valence-corrected chi connectivity index (χ3v) is 8.55. The third-order valence-electron chi connectivity index (χ3n) is 8.55. The summed E-state index contributed by atoms with van der Waals surface area (Å²) in [5.74, 6) is 0.834. The maximum atomic E-state index is 14.0. The van der Waals surface area contributed by atoms with Crippen molar-refractivity contribution in [2.75, 3.05) is 44.8 Å². The third kappa shape index (κ3) is 8.06. The highest BCUT2D eigenvalue weighted by Gasteiger charge is 2.42. The van der Waals surface area contributed by atoms with Gasteiger partial charge in [0, 0.05) is 44.4 Å². The van der Waals surface area contributed by atoms with Crippen molar-refractivity contribution in [2.24, 2.45) is 0 Å². The zero-order valence-corrected chi connectivity index (χ0v) is 28.3. The summed E-state index contributed by atoms with van der Waals surface area (Å²) in [5, 5.41) is 0. The van der Waals surface area contributed by atoms with Gasteiger partial charge in [-0.3, -0.25) is 14.7 Å². The van der Waals surface area contributed by atoms with Gasteiger partial charge >= 0.3 is 6.09 Å². The van der Waals surface area contributed by atoms with Gasteiger partial charge in [0.25, 0.3) is 0 Å². The number of anilines is 1. The zero-order valence-electron chi connectivity index (χ0n) is 28.3. The molecule has 1 fully saturated rings. The second kappa shape index (κ2) is 13.8. The van der Waals surface area contributed by atoms with Crippen molar-refractivity contribution >= 4 is 17.7 Å². The van der Waals surface area contributed by atoms with Crippen LogP contribution in [0.15, 0.2) is 66.9 Å². The van der Waals surface area contributed by atoms with Crippen molar-refractivity contribution in [3.8, 4) is 5.75 Å². The lowest BCUT2D eigenvalue weighted by Crippen LogP contribution is -2.62. The molecule has 9 heteroatoms. The number of piperazine rings is 1. The highest BCUT2D eigenvalue weighted by Crippen LogP contribution is 2.40. The smallest absolute Gasteiger partial charge is 0.410 e. The molecule has 2 aliphatic heterocycles. The maximum Gasteiger partial charge on any atom is 0.410 e. The van der Waals surface area contributed by atoms with Crippen molar-refractivity contribution in [3.05, 3.63) is 89.2 Å². The fourth-order valence-electron chi connectivity index (χ4n) is 6.31. The highest BCUT2D eigenvalue weighted by atomic mass is 16.6. The monoisotopic (exact) mass is 628 g/mol. The second-order valence-corrected chi connectivity index (χ2v) is 14.2. The Morgan fingerprint density at radius 3 is 2.43 bits per heavy atom. The van der Waals surface area contributed by atoms with E-state index in [9.17, 15) is 9.59 Å². The lowest BCUT2D eigenvalue weighted by atomic mass is 9.91. The molecule has 0 aliphatic carbocycles. The van der Waals surface area contributed by atoms with E-state index in [4.69, 9.17) is 19.2 Å². The highest BCUT2D eigenvalue weighted by molar-refractivity contribution is 5.97. The number of benzene rings is 2. The van der Waals surface area contributed by atoms with E-state index in [2.05, 4.69) is 49.1 Å². The van der Waals surface area contributed by atoms with Crippen molar-refractivity contribution in [1.82, 2.24) is 14.8 Å². The van der Waals surface area contributed by atoms with Crippen LogP contribution >= 0.6 is 0 Å². The van der Waals surface area contributed by atoms with Crippen LogP contribution in [0.5, 0.6) is 5.75 Å². The summed E-state index contributed by atoms with van der Waals surface area (Å²) in [7, 11) is 1.65. The van der Waals surface area contributed by atoms with E-state index >= 15 is 0 Å². The first-order valence-corrected chi connectivity index (χ1v) is 16.1. The number of methoxy groups -OCH3 is 1. The summed E-state index contributed by atoms with van der Waals surface area (Å²) in [4.78, 5) is 37.6. The second-order valence-electron chi connectivity index (χ2n) is 14.2. The molecule has 0 N–H and O–H groups in total. The molecule has 1 saturated heterocycles. The summed E-state index contributed by atoms with van der Waals surface area (Å²) in [6.07, 6.45) is 2.26. The molecule has 3 heterocycles. The lowest BCUT2D eigenvalue weighted by Gasteiger charge is -2.45. The largest absolute Gasteiger partial charge is 0.489 e. The number of fused-ring (bicyclic) bond motifs is 1. The first-order valence-electron chi connectivity index (χ1n) is 16.1. The molecule has 9 nitrogen and oxygen atoms in total. The Bertz CT molecular complexity index is 1520. The summed E-state index contributed by atoms with van der Waals surface area (Å²) >= 11 is 0. The molecule has 5 rings (SSSR count). The summed E-state index contributed by atoms with van der Waals surface area (Å²) in [5.41, 5.74) is 4.21. The van der Waals surface area contributed by atoms with Crippen LogP contribution in [0.4, 0.5) is 10.5 Å². The van der Waals surface area contributed by atoms with Crippen molar-refractivity contribution in [3.63, 3.8) is 0 Å². The fraction of sp³-hybridized carbons (Fsp3) is 0.486. The van der Waals surface area contributed by atoms with Crippen LogP contribution in [0.25, 0.3) is 0 Å². The molecule has 2 aliphatic rings. The maximum absolute atomic E-state index is 14.0. The van der Waals surface area contributed by atoms with Crippen molar-refractivity contribution in [1.29, 1.82) is 0 Å². The number of hydrogen-bond donors (Lipinski definition) is 0. The summed E-state index contributed by atoms with van der Waals surface area (Å²) in [6, 6.07) is 20.1. The number of carbonyl (C=O) groups excluding carboxylic acids is 2. The summed E-state index contributed by atoms with van der Waals surface area (Å²) in [6.45, 7) is 14.5. The molecule has 1 aromatic heterocycles. The molecular weight excluding hydrogens is 580 g/mol. The Hall–Kier alpha value is -3.95. The molecule has 2 amide bonds. The van der Waals surface area contributed by atoms with E-state index < -0.39 is 5.60 Å². The SMILES string of the molecule is COC[C@H]1CN(C(=O)OC(C)(C)C)[C@H](C)CN1CC(=O)N1CC(C)(C)c2ncc(Cc3cccc(OCc4ccccc4)c3)cc21. The van der Waals surface area contributed by atoms with Crippen LogP contribution in [-0.2, 0) is 32.7 Å². The Balaban J connectivity index is 1.29. The van der Waals surface area contributed by atoms with Crippen molar-refractivity contribution in [2.45, 2.75) is 77.7 Å². The van der Waals surface area contributed by atoms with Gasteiger partial charge in [-0.15, -0.1) is 0 Å². The predicted molar refractivity (Wildman–Crippen MR) is 179 cm³/mol. The lowest BCUT2D eigenvalue weighted by molar-refractivity contribution is -0.121. The van der Waals surface area contributed by atoms with Gasteiger partial charge in [-0.25, -0.2) is 4.79 Å². The molecular formula is C37H48N4O5. The fourth-order valence-corrected chi connectivity index (χ4v) is 6.31. The molecule has 2 aromatic carbocycles. The van der Waals surface area contributed by atoms with Crippen molar-refractivity contribution < 1.29 is 23.8 Å². The molecule has 0 saturated carbocycles. The van der Waals surface area contributed by atoms with Gasteiger partial charge < -0.3 is 24.0 Å². The molecule has 0 spiro atoms.